The number of nitrogens with one attached hydrogen (secondary N) is 1. The van der Waals surface area contributed by atoms with Crippen LogP contribution in [0.2, 0.25) is 0 Å². The van der Waals surface area contributed by atoms with Crippen molar-refractivity contribution in [3.8, 4) is 5.75 Å². The summed E-state index contributed by atoms with van der Waals surface area (Å²) in [6, 6.07) is 13.4. The number of carbonyl (C=O) groups is 1. The lowest BCUT2D eigenvalue weighted by Crippen LogP contribution is -2.03. The van der Waals surface area contributed by atoms with E-state index in [2.05, 4.69) is 21.2 Å². The number of fused-ring (bicyclic) bond motifs is 1. The van der Waals surface area contributed by atoms with Gasteiger partial charge in [0.2, 0.25) is 0 Å². The molecule has 1 aliphatic rings. The number of methoxy groups -OCH3 is 1. The molecule has 0 aromatic heterocycles. The molecule has 100 valence electrons. The normalized spacial score (nSPS) is 15.1. The van der Waals surface area contributed by atoms with E-state index in [0.29, 0.717) is 5.57 Å². The summed E-state index contributed by atoms with van der Waals surface area (Å²) in [7, 11) is 1.62. The van der Waals surface area contributed by atoms with E-state index in [9.17, 15) is 4.79 Å². The van der Waals surface area contributed by atoms with Gasteiger partial charge >= 0.3 is 0 Å². The summed E-state index contributed by atoms with van der Waals surface area (Å²) in [6.45, 7) is 0. The van der Waals surface area contributed by atoms with Crippen LogP contribution in [0.5, 0.6) is 5.75 Å². The number of anilines is 1. The quantitative estimate of drug-likeness (QED) is 0.847. The second-order valence-electron chi connectivity index (χ2n) is 4.45. The van der Waals surface area contributed by atoms with Crippen LogP contribution < -0.4 is 10.1 Å². The largest absolute Gasteiger partial charge is 0.496 e. The average Bonchev–Trinajstić information content (AvgIpc) is 2.76. The summed E-state index contributed by atoms with van der Waals surface area (Å²) in [5, 5.41) is 2.86. The van der Waals surface area contributed by atoms with Crippen molar-refractivity contribution in [2.75, 3.05) is 12.4 Å². The third kappa shape index (κ3) is 2.23. The summed E-state index contributed by atoms with van der Waals surface area (Å²) in [5.74, 6) is 0.696. The Hall–Kier alpha value is -2.07. The minimum absolute atomic E-state index is 0.0712. The van der Waals surface area contributed by atoms with E-state index in [1.807, 2.05) is 48.5 Å². The number of hydrogen-bond donors (Lipinski definition) is 1. The third-order valence-corrected chi connectivity index (χ3v) is 3.82. The number of amides is 1. The molecule has 2 aromatic rings. The summed E-state index contributed by atoms with van der Waals surface area (Å²) in [6.07, 6.45) is 1.88. The summed E-state index contributed by atoms with van der Waals surface area (Å²) in [5.41, 5.74) is 3.41. The molecular formula is C16H12BrNO2. The van der Waals surface area contributed by atoms with E-state index in [-0.39, 0.29) is 5.91 Å². The fraction of sp³-hybridized carbons (Fsp3) is 0.0625. The molecule has 0 spiro atoms. The summed E-state index contributed by atoms with van der Waals surface area (Å²) in [4.78, 5) is 12.0. The van der Waals surface area contributed by atoms with E-state index < -0.39 is 0 Å². The zero-order valence-electron chi connectivity index (χ0n) is 10.8. The summed E-state index contributed by atoms with van der Waals surface area (Å²) >= 11 is 3.45. The molecule has 0 fully saturated rings. The van der Waals surface area contributed by atoms with Gasteiger partial charge in [0.15, 0.2) is 0 Å². The molecular weight excluding hydrogens is 318 g/mol. The highest BCUT2D eigenvalue weighted by molar-refractivity contribution is 9.10. The first-order valence-electron chi connectivity index (χ1n) is 6.15. The van der Waals surface area contributed by atoms with Gasteiger partial charge in [0.1, 0.15) is 5.75 Å². The van der Waals surface area contributed by atoms with Crippen molar-refractivity contribution in [2.45, 2.75) is 0 Å². The predicted molar refractivity (Wildman–Crippen MR) is 83.6 cm³/mol. The van der Waals surface area contributed by atoms with Crippen molar-refractivity contribution in [3.05, 3.63) is 58.1 Å². The Kier molecular flexibility index (Phi) is 3.32. The molecule has 1 aliphatic heterocycles. The molecule has 0 bridgehead atoms. The SMILES string of the molecule is COc1ccc(/C=C2/C(=O)Nc3ccccc32)cc1Br. The number of hydrogen-bond acceptors (Lipinski definition) is 2. The minimum atomic E-state index is -0.0712. The van der Waals surface area contributed by atoms with Gasteiger partial charge in [-0.15, -0.1) is 0 Å². The zero-order valence-corrected chi connectivity index (χ0v) is 12.4. The van der Waals surface area contributed by atoms with Gasteiger partial charge in [-0.1, -0.05) is 24.3 Å². The van der Waals surface area contributed by atoms with Gasteiger partial charge in [-0.3, -0.25) is 4.79 Å². The molecule has 1 amide bonds. The van der Waals surface area contributed by atoms with Gasteiger partial charge in [0, 0.05) is 16.8 Å². The topological polar surface area (TPSA) is 38.3 Å². The number of ether oxygens (including phenoxy) is 1. The van der Waals surface area contributed by atoms with Gasteiger partial charge in [-0.25, -0.2) is 0 Å². The van der Waals surface area contributed by atoms with Crippen LogP contribution in [0, 0.1) is 0 Å². The van der Waals surface area contributed by atoms with E-state index in [0.717, 1.165) is 27.0 Å². The molecule has 3 rings (SSSR count). The van der Waals surface area contributed by atoms with Gasteiger partial charge in [-0.2, -0.15) is 0 Å². The molecule has 0 radical (unpaired) electrons. The molecule has 1 heterocycles. The van der Waals surface area contributed by atoms with E-state index in [1.54, 1.807) is 7.11 Å². The Bertz CT molecular complexity index is 722. The molecule has 0 atom stereocenters. The van der Waals surface area contributed by atoms with Crippen molar-refractivity contribution in [1.82, 2.24) is 0 Å². The molecule has 0 aliphatic carbocycles. The van der Waals surface area contributed by atoms with Gasteiger partial charge in [-0.05, 0) is 45.8 Å². The molecule has 4 heteroatoms. The van der Waals surface area contributed by atoms with E-state index in [1.165, 1.54) is 0 Å². The van der Waals surface area contributed by atoms with Crippen LogP contribution in [-0.4, -0.2) is 13.0 Å². The van der Waals surface area contributed by atoms with Gasteiger partial charge in [0.25, 0.3) is 5.91 Å². The van der Waals surface area contributed by atoms with Crippen molar-refractivity contribution >= 4 is 39.2 Å². The van der Waals surface area contributed by atoms with Gasteiger partial charge < -0.3 is 10.1 Å². The number of halogens is 1. The lowest BCUT2D eigenvalue weighted by molar-refractivity contribution is -0.110. The zero-order chi connectivity index (χ0) is 14.1. The highest BCUT2D eigenvalue weighted by atomic mass is 79.9. The van der Waals surface area contributed by atoms with E-state index in [4.69, 9.17) is 4.74 Å². The molecule has 2 aromatic carbocycles. The monoisotopic (exact) mass is 329 g/mol. The Labute approximate surface area is 125 Å². The van der Waals surface area contributed by atoms with Crippen molar-refractivity contribution in [3.63, 3.8) is 0 Å². The Morgan fingerprint density at radius 3 is 2.75 bits per heavy atom. The van der Waals surface area contributed by atoms with Crippen molar-refractivity contribution < 1.29 is 9.53 Å². The van der Waals surface area contributed by atoms with Crippen LogP contribution in [0.3, 0.4) is 0 Å². The fourth-order valence-corrected chi connectivity index (χ4v) is 2.78. The van der Waals surface area contributed by atoms with Crippen LogP contribution in [0.15, 0.2) is 46.9 Å². The number of para-hydroxylation sites is 1. The molecule has 0 saturated heterocycles. The highest BCUT2D eigenvalue weighted by Gasteiger charge is 2.23. The minimum Gasteiger partial charge on any atom is -0.496 e. The second kappa shape index (κ2) is 5.13. The van der Waals surface area contributed by atoms with Crippen molar-refractivity contribution in [2.24, 2.45) is 0 Å². The number of rotatable bonds is 2. The molecule has 0 unspecified atom stereocenters. The standard InChI is InChI=1S/C16H12BrNO2/c1-20-15-7-6-10(9-13(15)17)8-12-11-4-2-3-5-14(11)18-16(12)19/h2-9H,1H3,(H,18,19)/b12-8+. The van der Waals surface area contributed by atoms with Crippen LogP contribution >= 0.6 is 15.9 Å². The molecule has 0 saturated carbocycles. The first kappa shape index (κ1) is 12.9. The maximum Gasteiger partial charge on any atom is 0.256 e. The lowest BCUT2D eigenvalue weighted by Gasteiger charge is -2.04. The predicted octanol–water partition coefficient (Wildman–Crippen LogP) is 3.95. The van der Waals surface area contributed by atoms with Crippen molar-refractivity contribution in [1.29, 1.82) is 0 Å². The maximum absolute atomic E-state index is 12.0. The Balaban J connectivity index is 2.04. The van der Waals surface area contributed by atoms with Crippen LogP contribution in [0.4, 0.5) is 5.69 Å². The maximum atomic E-state index is 12.0. The average molecular weight is 330 g/mol. The lowest BCUT2D eigenvalue weighted by atomic mass is 10.0. The molecule has 1 N–H and O–H groups in total. The third-order valence-electron chi connectivity index (χ3n) is 3.20. The Morgan fingerprint density at radius 1 is 1.20 bits per heavy atom. The van der Waals surface area contributed by atoms with Crippen LogP contribution in [0.1, 0.15) is 11.1 Å². The molecule has 20 heavy (non-hydrogen) atoms. The smallest absolute Gasteiger partial charge is 0.256 e. The number of benzene rings is 2. The first-order valence-corrected chi connectivity index (χ1v) is 6.94. The fourth-order valence-electron chi connectivity index (χ4n) is 2.22. The first-order chi connectivity index (χ1) is 9.69. The number of carbonyl (C=O) groups excluding carboxylic acids is 1. The second-order valence-corrected chi connectivity index (χ2v) is 5.31. The highest BCUT2D eigenvalue weighted by Crippen LogP contribution is 2.34. The Morgan fingerprint density at radius 2 is 2.00 bits per heavy atom. The summed E-state index contributed by atoms with van der Waals surface area (Å²) < 4.78 is 6.06. The molecule has 3 nitrogen and oxygen atoms in total. The van der Waals surface area contributed by atoms with E-state index >= 15 is 0 Å². The van der Waals surface area contributed by atoms with Crippen LogP contribution in [0.25, 0.3) is 11.6 Å². The van der Waals surface area contributed by atoms with Gasteiger partial charge in [0.05, 0.1) is 11.6 Å². The van der Waals surface area contributed by atoms with Crippen LogP contribution in [-0.2, 0) is 4.79 Å².